The van der Waals surface area contributed by atoms with E-state index in [9.17, 15) is 4.79 Å². The molecular formula is C23H25N3O3. The lowest BCUT2D eigenvalue weighted by Gasteiger charge is -2.11. The molecule has 0 unspecified atom stereocenters. The molecule has 29 heavy (non-hydrogen) atoms. The second-order valence-electron chi connectivity index (χ2n) is 6.79. The summed E-state index contributed by atoms with van der Waals surface area (Å²) < 4.78 is 10.5. The van der Waals surface area contributed by atoms with Crippen molar-refractivity contribution in [1.29, 1.82) is 0 Å². The Bertz CT molecular complexity index is 1000. The summed E-state index contributed by atoms with van der Waals surface area (Å²) in [6, 6.07) is 15.3. The number of anilines is 3. The van der Waals surface area contributed by atoms with Gasteiger partial charge in [0.05, 0.1) is 32.5 Å². The van der Waals surface area contributed by atoms with Crippen molar-refractivity contribution in [2.45, 2.75) is 20.3 Å². The average molecular weight is 391 g/mol. The highest BCUT2D eigenvalue weighted by Crippen LogP contribution is 2.28. The van der Waals surface area contributed by atoms with E-state index >= 15 is 0 Å². The fraction of sp³-hybridized carbons (Fsp3) is 0.217. The van der Waals surface area contributed by atoms with Gasteiger partial charge in [0.2, 0.25) is 5.91 Å². The number of hydrogen-bond acceptors (Lipinski definition) is 5. The van der Waals surface area contributed by atoms with Gasteiger partial charge in [-0.3, -0.25) is 4.79 Å². The zero-order chi connectivity index (χ0) is 20.8. The van der Waals surface area contributed by atoms with Crippen molar-refractivity contribution in [2.24, 2.45) is 0 Å². The van der Waals surface area contributed by atoms with E-state index in [4.69, 9.17) is 9.47 Å². The maximum atomic E-state index is 12.4. The SMILES string of the molecule is COc1ccc(CC(=O)Nc2ccc(Nc3ccc(C)cc3C)nc2)cc1OC. The minimum absolute atomic E-state index is 0.130. The smallest absolute Gasteiger partial charge is 0.228 e. The van der Waals surface area contributed by atoms with Crippen molar-refractivity contribution >= 4 is 23.1 Å². The number of nitrogens with zero attached hydrogens (tertiary/aromatic N) is 1. The summed E-state index contributed by atoms with van der Waals surface area (Å²) in [4.78, 5) is 16.7. The van der Waals surface area contributed by atoms with Crippen LogP contribution in [0.2, 0.25) is 0 Å². The van der Waals surface area contributed by atoms with E-state index in [1.807, 2.05) is 24.3 Å². The molecule has 3 aromatic rings. The molecule has 1 aromatic heterocycles. The Labute approximate surface area is 170 Å². The van der Waals surface area contributed by atoms with E-state index in [0.29, 0.717) is 17.2 Å². The Kier molecular flexibility index (Phi) is 6.34. The number of methoxy groups -OCH3 is 2. The first-order chi connectivity index (χ1) is 14.0. The van der Waals surface area contributed by atoms with Crippen LogP contribution < -0.4 is 20.1 Å². The van der Waals surface area contributed by atoms with Crippen molar-refractivity contribution in [3.63, 3.8) is 0 Å². The third-order valence-electron chi connectivity index (χ3n) is 4.50. The highest BCUT2D eigenvalue weighted by molar-refractivity contribution is 5.92. The molecule has 150 valence electrons. The van der Waals surface area contributed by atoms with Crippen LogP contribution in [0, 0.1) is 13.8 Å². The van der Waals surface area contributed by atoms with Gasteiger partial charge >= 0.3 is 0 Å². The normalized spacial score (nSPS) is 10.3. The van der Waals surface area contributed by atoms with Crippen LogP contribution in [0.1, 0.15) is 16.7 Å². The number of amides is 1. The molecule has 0 bridgehead atoms. The molecule has 0 fully saturated rings. The molecule has 6 heteroatoms. The quantitative estimate of drug-likeness (QED) is 0.614. The second-order valence-corrected chi connectivity index (χ2v) is 6.79. The number of aromatic nitrogens is 1. The molecule has 1 amide bonds. The third kappa shape index (κ3) is 5.25. The predicted molar refractivity (Wildman–Crippen MR) is 115 cm³/mol. The minimum atomic E-state index is -0.130. The van der Waals surface area contributed by atoms with Crippen LogP contribution in [0.4, 0.5) is 17.2 Å². The summed E-state index contributed by atoms with van der Waals surface area (Å²) in [5, 5.41) is 6.16. The number of carbonyl (C=O) groups excluding carboxylic acids is 1. The summed E-state index contributed by atoms with van der Waals surface area (Å²) in [6.45, 7) is 4.12. The van der Waals surface area contributed by atoms with Crippen molar-refractivity contribution in [1.82, 2.24) is 4.98 Å². The molecule has 0 aliphatic heterocycles. The van der Waals surface area contributed by atoms with Gasteiger partial charge in [0.25, 0.3) is 0 Å². The molecular weight excluding hydrogens is 366 g/mol. The molecule has 6 nitrogen and oxygen atoms in total. The molecule has 0 saturated carbocycles. The van der Waals surface area contributed by atoms with Gasteiger partial charge in [-0.2, -0.15) is 0 Å². The van der Waals surface area contributed by atoms with Gasteiger partial charge in [-0.05, 0) is 55.3 Å². The standard InChI is InChI=1S/C23H25N3O3/c1-15-5-8-19(16(2)11-15)26-22-10-7-18(14-24-22)25-23(27)13-17-6-9-20(28-3)21(12-17)29-4/h5-12,14H,13H2,1-4H3,(H,24,26)(H,25,27). The molecule has 0 radical (unpaired) electrons. The minimum Gasteiger partial charge on any atom is -0.493 e. The summed E-state index contributed by atoms with van der Waals surface area (Å²) in [5.74, 6) is 1.82. The molecule has 2 aromatic carbocycles. The topological polar surface area (TPSA) is 72.5 Å². The van der Waals surface area contributed by atoms with E-state index < -0.39 is 0 Å². The van der Waals surface area contributed by atoms with Gasteiger partial charge in [-0.25, -0.2) is 4.98 Å². The van der Waals surface area contributed by atoms with Crippen LogP contribution in [-0.4, -0.2) is 25.1 Å². The molecule has 0 saturated heterocycles. The first kappa shape index (κ1) is 20.2. The molecule has 1 heterocycles. The maximum absolute atomic E-state index is 12.4. The summed E-state index contributed by atoms with van der Waals surface area (Å²) in [7, 11) is 3.15. The van der Waals surface area contributed by atoms with Crippen LogP contribution >= 0.6 is 0 Å². The van der Waals surface area contributed by atoms with Crippen LogP contribution in [-0.2, 0) is 11.2 Å². The van der Waals surface area contributed by atoms with Gasteiger partial charge in [0.1, 0.15) is 5.82 Å². The predicted octanol–water partition coefficient (Wildman–Crippen LogP) is 4.64. The summed E-state index contributed by atoms with van der Waals surface area (Å²) in [5.41, 5.74) is 4.85. The zero-order valence-electron chi connectivity index (χ0n) is 17.1. The number of carbonyl (C=O) groups is 1. The van der Waals surface area contributed by atoms with Crippen LogP contribution in [0.3, 0.4) is 0 Å². The monoisotopic (exact) mass is 391 g/mol. The van der Waals surface area contributed by atoms with Gasteiger partial charge in [0, 0.05) is 5.69 Å². The van der Waals surface area contributed by atoms with E-state index in [0.717, 1.165) is 22.6 Å². The Hall–Kier alpha value is -3.54. The van der Waals surface area contributed by atoms with E-state index in [2.05, 4.69) is 41.6 Å². The fourth-order valence-corrected chi connectivity index (χ4v) is 3.01. The number of hydrogen-bond donors (Lipinski definition) is 2. The number of nitrogens with one attached hydrogen (secondary N) is 2. The molecule has 0 spiro atoms. The number of rotatable bonds is 7. The van der Waals surface area contributed by atoms with Crippen molar-refractivity contribution in [3.05, 3.63) is 71.4 Å². The lowest BCUT2D eigenvalue weighted by Crippen LogP contribution is -2.14. The van der Waals surface area contributed by atoms with E-state index in [1.165, 1.54) is 5.56 Å². The molecule has 2 N–H and O–H groups in total. The van der Waals surface area contributed by atoms with Crippen molar-refractivity contribution < 1.29 is 14.3 Å². The number of pyridine rings is 1. The van der Waals surface area contributed by atoms with E-state index in [-0.39, 0.29) is 12.3 Å². The largest absolute Gasteiger partial charge is 0.493 e. The van der Waals surface area contributed by atoms with Gasteiger partial charge in [-0.15, -0.1) is 0 Å². The van der Waals surface area contributed by atoms with Gasteiger partial charge < -0.3 is 20.1 Å². The highest BCUT2D eigenvalue weighted by Gasteiger charge is 2.09. The fourth-order valence-electron chi connectivity index (χ4n) is 3.01. The average Bonchev–Trinajstić information content (AvgIpc) is 2.71. The summed E-state index contributed by atoms with van der Waals surface area (Å²) in [6.07, 6.45) is 1.86. The van der Waals surface area contributed by atoms with Crippen LogP contribution in [0.5, 0.6) is 11.5 Å². The number of aryl methyl sites for hydroxylation is 2. The van der Waals surface area contributed by atoms with Crippen LogP contribution in [0.25, 0.3) is 0 Å². The third-order valence-corrected chi connectivity index (χ3v) is 4.50. The van der Waals surface area contributed by atoms with E-state index in [1.54, 1.807) is 32.5 Å². The highest BCUT2D eigenvalue weighted by atomic mass is 16.5. The molecule has 3 rings (SSSR count). The Balaban J connectivity index is 1.61. The Morgan fingerprint density at radius 1 is 0.966 bits per heavy atom. The first-order valence-electron chi connectivity index (χ1n) is 9.29. The van der Waals surface area contributed by atoms with Crippen molar-refractivity contribution in [3.8, 4) is 11.5 Å². The Morgan fingerprint density at radius 2 is 1.76 bits per heavy atom. The molecule has 0 aliphatic rings. The first-order valence-corrected chi connectivity index (χ1v) is 9.29. The molecule has 0 aliphatic carbocycles. The van der Waals surface area contributed by atoms with Crippen molar-refractivity contribution in [2.75, 3.05) is 24.9 Å². The zero-order valence-corrected chi connectivity index (χ0v) is 17.1. The molecule has 0 atom stereocenters. The van der Waals surface area contributed by atoms with Gasteiger partial charge in [0.15, 0.2) is 11.5 Å². The number of benzene rings is 2. The lowest BCUT2D eigenvalue weighted by molar-refractivity contribution is -0.115. The number of ether oxygens (including phenoxy) is 2. The second kappa shape index (κ2) is 9.10. The maximum Gasteiger partial charge on any atom is 0.228 e. The Morgan fingerprint density at radius 3 is 2.41 bits per heavy atom. The lowest BCUT2D eigenvalue weighted by atomic mass is 10.1. The van der Waals surface area contributed by atoms with Crippen LogP contribution in [0.15, 0.2) is 54.7 Å². The van der Waals surface area contributed by atoms with Gasteiger partial charge in [-0.1, -0.05) is 23.8 Å². The summed E-state index contributed by atoms with van der Waals surface area (Å²) >= 11 is 0.